The number of hydrogen-bond donors (Lipinski definition) is 0. The third-order valence-corrected chi connectivity index (χ3v) is 2.84. The second-order valence-electron chi connectivity index (χ2n) is 4.24. The van der Waals surface area contributed by atoms with Crippen LogP contribution in [0, 0.1) is 11.6 Å². The maximum atomic E-state index is 13.5. The van der Waals surface area contributed by atoms with Gasteiger partial charge >= 0.3 is 5.97 Å². The number of halogens is 2. The van der Waals surface area contributed by atoms with E-state index in [2.05, 4.69) is 0 Å². The molecule has 0 aliphatic carbocycles. The van der Waals surface area contributed by atoms with Crippen molar-refractivity contribution in [2.45, 2.75) is 39.0 Å². The van der Waals surface area contributed by atoms with Crippen molar-refractivity contribution in [2.75, 3.05) is 6.61 Å². The highest BCUT2D eigenvalue weighted by Crippen LogP contribution is 2.25. The highest BCUT2D eigenvalue weighted by Gasteiger charge is 2.14. The van der Waals surface area contributed by atoms with Gasteiger partial charge in [-0.1, -0.05) is 19.1 Å². The molecule has 0 bridgehead atoms. The lowest BCUT2D eigenvalue weighted by atomic mass is 9.95. The van der Waals surface area contributed by atoms with Crippen LogP contribution in [0.3, 0.4) is 0 Å². The van der Waals surface area contributed by atoms with Crippen LogP contribution in [0.15, 0.2) is 18.2 Å². The summed E-state index contributed by atoms with van der Waals surface area (Å²) in [5.41, 5.74) is 0.360. The molecule has 0 amide bonds. The Morgan fingerprint density at radius 2 is 2.11 bits per heavy atom. The second-order valence-corrected chi connectivity index (χ2v) is 4.24. The van der Waals surface area contributed by atoms with Crippen molar-refractivity contribution in [3.63, 3.8) is 0 Å². The Hall–Kier alpha value is -1.45. The lowest BCUT2D eigenvalue weighted by Gasteiger charge is -2.12. The van der Waals surface area contributed by atoms with E-state index in [9.17, 15) is 13.6 Å². The zero-order valence-electron chi connectivity index (χ0n) is 10.7. The van der Waals surface area contributed by atoms with Gasteiger partial charge in [0.15, 0.2) is 11.6 Å². The van der Waals surface area contributed by atoms with Crippen LogP contribution < -0.4 is 0 Å². The van der Waals surface area contributed by atoms with Gasteiger partial charge in [0, 0.05) is 6.42 Å². The van der Waals surface area contributed by atoms with E-state index in [0.29, 0.717) is 31.4 Å². The number of hydrogen-bond acceptors (Lipinski definition) is 2. The monoisotopic (exact) mass is 256 g/mol. The third kappa shape index (κ3) is 4.09. The lowest BCUT2D eigenvalue weighted by Crippen LogP contribution is -2.05. The molecule has 0 fully saturated rings. The molecule has 0 aliphatic heterocycles. The highest BCUT2D eigenvalue weighted by molar-refractivity contribution is 5.69. The molecular weight excluding hydrogens is 238 g/mol. The molecule has 2 nitrogen and oxygen atoms in total. The van der Waals surface area contributed by atoms with E-state index in [1.807, 2.05) is 6.92 Å². The first-order valence-corrected chi connectivity index (χ1v) is 6.15. The fourth-order valence-corrected chi connectivity index (χ4v) is 1.84. The van der Waals surface area contributed by atoms with Crippen molar-refractivity contribution in [2.24, 2.45) is 0 Å². The Labute approximate surface area is 106 Å². The molecule has 0 saturated heterocycles. The van der Waals surface area contributed by atoms with Crippen LogP contribution in [0.5, 0.6) is 0 Å². The maximum absolute atomic E-state index is 13.5. The first kappa shape index (κ1) is 14.6. The van der Waals surface area contributed by atoms with Crippen LogP contribution >= 0.6 is 0 Å². The number of carbonyl (C=O) groups excluding carboxylic acids is 1. The predicted octanol–water partition coefficient (Wildman–Crippen LogP) is 3.80. The van der Waals surface area contributed by atoms with Crippen molar-refractivity contribution in [1.29, 1.82) is 0 Å². The van der Waals surface area contributed by atoms with E-state index in [0.717, 1.165) is 6.07 Å². The van der Waals surface area contributed by atoms with Gasteiger partial charge in [0.25, 0.3) is 0 Å². The number of ether oxygens (including phenoxy) is 1. The van der Waals surface area contributed by atoms with Crippen molar-refractivity contribution >= 4 is 5.97 Å². The van der Waals surface area contributed by atoms with Gasteiger partial charge in [-0.05, 0) is 37.3 Å². The maximum Gasteiger partial charge on any atom is 0.305 e. The van der Waals surface area contributed by atoms with Gasteiger partial charge < -0.3 is 4.74 Å². The summed E-state index contributed by atoms with van der Waals surface area (Å²) in [7, 11) is 0. The van der Waals surface area contributed by atoms with Gasteiger partial charge in [0.1, 0.15) is 0 Å². The number of esters is 1. The van der Waals surface area contributed by atoms with Crippen LogP contribution in [0.4, 0.5) is 8.78 Å². The predicted molar refractivity (Wildman–Crippen MR) is 65.3 cm³/mol. The summed E-state index contributed by atoms with van der Waals surface area (Å²) in [6.07, 6.45) is 1.55. The van der Waals surface area contributed by atoms with E-state index >= 15 is 0 Å². The second kappa shape index (κ2) is 7.09. The summed E-state index contributed by atoms with van der Waals surface area (Å²) in [6.45, 7) is 3.94. The zero-order valence-corrected chi connectivity index (χ0v) is 10.7. The van der Waals surface area contributed by atoms with E-state index < -0.39 is 11.6 Å². The van der Waals surface area contributed by atoms with Crippen molar-refractivity contribution < 1.29 is 18.3 Å². The molecule has 0 spiro atoms. The van der Waals surface area contributed by atoms with E-state index in [-0.39, 0.29) is 11.9 Å². The van der Waals surface area contributed by atoms with Gasteiger partial charge in [-0.25, -0.2) is 8.78 Å². The molecule has 1 unspecified atom stereocenters. The van der Waals surface area contributed by atoms with Gasteiger partial charge in [0.05, 0.1) is 6.61 Å². The minimum absolute atomic E-state index is 0.116. The molecule has 4 heteroatoms. The fourth-order valence-electron chi connectivity index (χ4n) is 1.84. The topological polar surface area (TPSA) is 26.3 Å². The Morgan fingerprint density at radius 3 is 2.78 bits per heavy atom. The summed E-state index contributed by atoms with van der Waals surface area (Å²) in [6, 6.07) is 4.17. The van der Waals surface area contributed by atoms with Crippen LogP contribution in [0.1, 0.15) is 44.6 Å². The van der Waals surface area contributed by atoms with Crippen molar-refractivity contribution in [1.82, 2.24) is 0 Å². The lowest BCUT2D eigenvalue weighted by molar-refractivity contribution is -0.143. The van der Waals surface area contributed by atoms with Crippen LogP contribution in [0.2, 0.25) is 0 Å². The first-order chi connectivity index (χ1) is 8.56. The van der Waals surface area contributed by atoms with Crippen LogP contribution in [-0.2, 0) is 9.53 Å². The van der Waals surface area contributed by atoms with E-state index in [1.54, 1.807) is 13.0 Å². The fraction of sp³-hybridized carbons (Fsp3) is 0.500. The number of carbonyl (C=O) groups is 1. The quantitative estimate of drug-likeness (QED) is 0.724. The molecule has 0 saturated carbocycles. The highest BCUT2D eigenvalue weighted by atomic mass is 19.2. The molecule has 1 aromatic rings. The molecule has 1 aromatic carbocycles. The number of rotatable bonds is 6. The normalized spacial score (nSPS) is 12.2. The standard InChI is InChI=1S/C14H18F2O2/c1-3-18-13(17)9-4-6-10(2)11-7-5-8-12(15)14(11)16/h5,7-8,10H,3-4,6,9H2,1-2H3. The molecule has 0 heterocycles. The largest absolute Gasteiger partial charge is 0.466 e. The summed E-state index contributed by atoms with van der Waals surface area (Å²) >= 11 is 0. The van der Waals surface area contributed by atoms with Gasteiger partial charge in [-0.15, -0.1) is 0 Å². The summed E-state index contributed by atoms with van der Waals surface area (Å²) in [5.74, 6) is -1.98. The molecule has 0 N–H and O–H groups in total. The summed E-state index contributed by atoms with van der Waals surface area (Å²) < 4.78 is 31.3. The van der Waals surface area contributed by atoms with Gasteiger partial charge in [-0.2, -0.15) is 0 Å². The molecule has 1 atom stereocenters. The molecule has 1 rings (SSSR count). The Kier molecular flexibility index (Phi) is 5.75. The number of benzene rings is 1. The molecule has 100 valence electrons. The van der Waals surface area contributed by atoms with Gasteiger partial charge in [-0.3, -0.25) is 4.79 Å². The first-order valence-electron chi connectivity index (χ1n) is 6.15. The average Bonchev–Trinajstić information content (AvgIpc) is 2.33. The summed E-state index contributed by atoms with van der Waals surface area (Å²) in [5, 5.41) is 0. The minimum atomic E-state index is -0.829. The summed E-state index contributed by atoms with van der Waals surface area (Å²) in [4.78, 5) is 11.1. The SMILES string of the molecule is CCOC(=O)CCCC(C)c1cccc(F)c1F. The Balaban J connectivity index is 2.48. The zero-order chi connectivity index (χ0) is 13.5. The Bertz CT molecular complexity index is 405. The van der Waals surface area contributed by atoms with Crippen molar-refractivity contribution in [3.05, 3.63) is 35.4 Å². The molecule has 18 heavy (non-hydrogen) atoms. The molecule has 0 aliphatic rings. The minimum Gasteiger partial charge on any atom is -0.466 e. The smallest absolute Gasteiger partial charge is 0.305 e. The van der Waals surface area contributed by atoms with Crippen molar-refractivity contribution in [3.8, 4) is 0 Å². The van der Waals surface area contributed by atoms with Gasteiger partial charge in [0.2, 0.25) is 0 Å². The third-order valence-electron chi connectivity index (χ3n) is 2.84. The van der Waals surface area contributed by atoms with Crippen LogP contribution in [-0.4, -0.2) is 12.6 Å². The average molecular weight is 256 g/mol. The Morgan fingerprint density at radius 1 is 1.39 bits per heavy atom. The molecule has 0 aromatic heterocycles. The molecular formula is C14H18F2O2. The molecule has 0 radical (unpaired) electrons. The van der Waals surface area contributed by atoms with E-state index in [1.165, 1.54) is 6.07 Å². The van der Waals surface area contributed by atoms with E-state index in [4.69, 9.17) is 4.74 Å². The van der Waals surface area contributed by atoms with Crippen LogP contribution in [0.25, 0.3) is 0 Å².